The Morgan fingerprint density at radius 2 is 2.15 bits per heavy atom. The minimum absolute atomic E-state index is 0.0986. The number of benzene rings is 2. The number of imidazole rings is 1. The summed E-state index contributed by atoms with van der Waals surface area (Å²) in [5.41, 5.74) is 4.09. The summed E-state index contributed by atoms with van der Waals surface area (Å²) in [5, 5.41) is 9.22. The van der Waals surface area contributed by atoms with Gasteiger partial charge in [0.25, 0.3) is 5.91 Å². The SMILES string of the molecule is CNC(=O)COc1ccc(Nc2nc(-c3ccc4c(c3)NCCO4)cn3ccnc23)cc1OC. The quantitative estimate of drug-likeness (QED) is 0.386. The van der Waals surface area contributed by atoms with E-state index in [1.54, 1.807) is 32.5 Å². The van der Waals surface area contributed by atoms with Crippen molar-refractivity contribution in [1.29, 1.82) is 0 Å². The highest BCUT2D eigenvalue weighted by Crippen LogP contribution is 2.34. The van der Waals surface area contributed by atoms with Crippen LogP contribution in [0.25, 0.3) is 16.9 Å². The molecule has 0 radical (unpaired) electrons. The van der Waals surface area contributed by atoms with Crippen LogP contribution in [0, 0.1) is 0 Å². The first-order chi connectivity index (χ1) is 16.6. The van der Waals surface area contributed by atoms with Gasteiger partial charge < -0.3 is 34.6 Å². The van der Waals surface area contributed by atoms with Crippen LogP contribution in [-0.2, 0) is 4.79 Å². The van der Waals surface area contributed by atoms with Crippen molar-refractivity contribution >= 4 is 28.7 Å². The molecule has 1 amide bonds. The van der Waals surface area contributed by atoms with Crippen LogP contribution in [0.2, 0.25) is 0 Å². The van der Waals surface area contributed by atoms with Gasteiger partial charge >= 0.3 is 0 Å². The van der Waals surface area contributed by atoms with Crippen LogP contribution >= 0.6 is 0 Å². The third-order valence-corrected chi connectivity index (χ3v) is 5.39. The van der Waals surface area contributed by atoms with Gasteiger partial charge in [0.05, 0.1) is 18.5 Å². The molecular formula is C24H24N6O4. The molecule has 0 spiro atoms. The molecule has 0 atom stereocenters. The maximum absolute atomic E-state index is 11.5. The molecule has 34 heavy (non-hydrogen) atoms. The van der Waals surface area contributed by atoms with Gasteiger partial charge in [0.1, 0.15) is 12.4 Å². The third kappa shape index (κ3) is 4.25. The standard InChI is InChI=1S/C24H24N6O4/c1-25-22(31)14-34-20-6-4-16(12-21(20)32-2)28-23-24-27-7-9-30(24)13-18(29-23)15-3-5-19-17(11-15)26-8-10-33-19/h3-7,9,11-13,26H,8,10,14H2,1-2H3,(H,25,31)(H,28,29). The summed E-state index contributed by atoms with van der Waals surface area (Å²) in [7, 11) is 3.10. The number of rotatable bonds is 7. The summed E-state index contributed by atoms with van der Waals surface area (Å²) < 4.78 is 18.6. The number of nitrogens with one attached hydrogen (secondary N) is 3. The van der Waals surface area contributed by atoms with Gasteiger partial charge in [-0.1, -0.05) is 0 Å². The molecule has 0 fully saturated rings. The predicted octanol–water partition coefficient (Wildman–Crippen LogP) is 3.08. The fraction of sp³-hybridized carbons (Fsp3) is 0.208. The number of methoxy groups -OCH3 is 1. The van der Waals surface area contributed by atoms with Gasteiger partial charge in [0, 0.05) is 49.5 Å². The Bertz CT molecular complexity index is 1350. The Hall–Kier alpha value is -4.47. The van der Waals surface area contributed by atoms with Crippen LogP contribution in [0.3, 0.4) is 0 Å². The Balaban J connectivity index is 1.46. The molecule has 5 rings (SSSR count). The average molecular weight is 460 g/mol. The van der Waals surface area contributed by atoms with E-state index in [2.05, 4.69) is 20.9 Å². The Labute approximate surface area is 195 Å². The number of amides is 1. The van der Waals surface area contributed by atoms with Crippen LogP contribution < -0.4 is 30.2 Å². The van der Waals surface area contributed by atoms with Crippen LogP contribution in [0.1, 0.15) is 0 Å². The van der Waals surface area contributed by atoms with Crippen LogP contribution in [0.4, 0.5) is 17.2 Å². The van der Waals surface area contributed by atoms with Crippen molar-refractivity contribution in [1.82, 2.24) is 19.7 Å². The van der Waals surface area contributed by atoms with Gasteiger partial charge in [-0.2, -0.15) is 0 Å². The molecule has 1 aliphatic rings. The van der Waals surface area contributed by atoms with Crippen molar-refractivity contribution in [2.24, 2.45) is 0 Å². The van der Waals surface area contributed by atoms with E-state index in [1.165, 1.54) is 0 Å². The Morgan fingerprint density at radius 1 is 1.24 bits per heavy atom. The third-order valence-electron chi connectivity index (χ3n) is 5.39. The molecular weight excluding hydrogens is 436 g/mol. The molecule has 0 saturated carbocycles. The average Bonchev–Trinajstić information content (AvgIpc) is 3.36. The minimum Gasteiger partial charge on any atom is -0.493 e. The van der Waals surface area contributed by atoms with Gasteiger partial charge in [-0.3, -0.25) is 4.79 Å². The summed E-state index contributed by atoms with van der Waals surface area (Å²) in [6.07, 6.45) is 5.54. The second-order valence-electron chi connectivity index (χ2n) is 7.57. The highest BCUT2D eigenvalue weighted by atomic mass is 16.5. The summed E-state index contributed by atoms with van der Waals surface area (Å²) in [5.74, 6) is 2.16. The summed E-state index contributed by atoms with van der Waals surface area (Å²) in [4.78, 5) is 20.8. The smallest absolute Gasteiger partial charge is 0.257 e. The molecule has 1 aliphatic heterocycles. The maximum atomic E-state index is 11.5. The summed E-state index contributed by atoms with van der Waals surface area (Å²) in [6.45, 7) is 1.32. The van der Waals surface area contributed by atoms with Crippen molar-refractivity contribution < 1.29 is 19.0 Å². The number of carbonyl (C=O) groups excluding carboxylic acids is 1. The van der Waals surface area contributed by atoms with Crippen molar-refractivity contribution in [3.63, 3.8) is 0 Å². The van der Waals surface area contributed by atoms with E-state index in [4.69, 9.17) is 19.2 Å². The van der Waals surface area contributed by atoms with Gasteiger partial charge in [0.2, 0.25) is 0 Å². The zero-order chi connectivity index (χ0) is 23.5. The van der Waals surface area contributed by atoms with Crippen molar-refractivity contribution in [2.75, 3.05) is 44.5 Å². The molecule has 174 valence electrons. The monoisotopic (exact) mass is 460 g/mol. The first-order valence-corrected chi connectivity index (χ1v) is 10.8. The fourth-order valence-corrected chi connectivity index (χ4v) is 3.67. The van der Waals surface area contributed by atoms with E-state index in [1.807, 2.05) is 41.1 Å². The number of hydrogen-bond donors (Lipinski definition) is 3. The molecule has 0 bridgehead atoms. The van der Waals surface area contributed by atoms with Gasteiger partial charge in [0.15, 0.2) is 29.6 Å². The molecule has 0 unspecified atom stereocenters. The van der Waals surface area contributed by atoms with Crippen molar-refractivity contribution in [3.8, 4) is 28.5 Å². The number of nitrogens with zero attached hydrogens (tertiary/aromatic N) is 3. The molecule has 0 saturated heterocycles. The molecule has 3 heterocycles. The molecule has 2 aromatic carbocycles. The zero-order valence-electron chi connectivity index (χ0n) is 18.8. The molecule has 3 N–H and O–H groups in total. The first kappa shape index (κ1) is 21.4. The van der Waals surface area contributed by atoms with E-state index in [-0.39, 0.29) is 12.5 Å². The number of carbonyl (C=O) groups is 1. The van der Waals surface area contributed by atoms with Crippen molar-refractivity contribution in [2.45, 2.75) is 0 Å². The highest BCUT2D eigenvalue weighted by molar-refractivity contribution is 5.78. The number of likely N-dealkylation sites (N-methyl/N-ethyl adjacent to an activating group) is 1. The number of hydrogen-bond acceptors (Lipinski definition) is 8. The van der Waals surface area contributed by atoms with Crippen molar-refractivity contribution in [3.05, 3.63) is 55.0 Å². The molecule has 0 aliphatic carbocycles. The normalized spacial score (nSPS) is 12.3. The molecule has 10 nitrogen and oxygen atoms in total. The van der Waals surface area contributed by atoms with E-state index >= 15 is 0 Å². The van der Waals surface area contributed by atoms with Crippen LogP contribution in [0.15, 0.2) is 55.0 Å². The van der Waals surface area contributed by atoms with E-state index in [9.17, 15) is 4.79 Å². The Kier molecular flexibility index (Phi) is 5.77. The number of anilines is 3. The lowest BCUT2D eigenvalue weighted by Gasteiger charge is -2.19. The van der Waals surface area contributed by atoms with E-state index in [0.29, 0.717) is 29.6 Å². The molecule has 10 heteroatoms. The van der Waals surface area contributed by atoms with E-state index in [0.717, 1.165) is 34.9 Å². The lowest BCUT2D eigenvalue weighted by atomic mass is 10.1. The molecule has 4 aromatic rings. The first-order valence-electron chi connectivity index (χ1n) is 10.8. The second kappa shape index (κ2) is 9.18. The van der Waals surface area contributed by atoms with Gasteiger partial charge in [-0.15, -0.1) is 0 Å². The fourth-order valence-electron chi connectivity index (χ4n) is 3.67. The van der Waals surface area contributed by atoms with Crippen LogP contribution in [-0.4, -0.2) is 54.2 Å². The zero-order valence-corrected chi connectivity index (χ0v) is 18.8. The number of ether oxygens (including phenoxy) is 3. The van der Waals surface area contributed by atoms with Crippen LogP contribution in [0.5, 0.6) is 17.2 Å². The predicted molar refractivity (Wildman–Crippen MR) is 128 cm³/mol. The van der Waals surface area contributed by atoms with Gasteiger partial charge in [-0.05, 0) is 30.3 Å². The van der Waals surface area contributed by atoms with Gasteiger partial charge in [-0.25, -0.2) is 9.97 Å². The number of fused-ring (bicyclic) bond motifs is 2. The summed E-state index contributed by atoms with van der Waals surface area (Å²) in [6, 6.07) is 11.3. The largest absolute Gasteiger partial charge is 0.493 e. The summed E-state index contributed by atoms with van der Waals surface area (Å²) >= 11 is 0. The maximum Gasteiger partial charge on any atom is 0.257 e. The topological polar surface area (TPSA) is 111 Å². The lowest BCUT2D eigenvalue weighted by molar-refractivity contribution is -0.122. The lowest BCUT2D eigenvalue weighted by Crippen LogP contribution is -2.24. The minimum atomic E-state index is -0.226. The Morgan fingerprint density at radius 3 is 3.00 bits per heavy atom. The molecule has 2 aromatic heterocycles. The van der Waals surface area contributed by atoms with E-state index < -0.39 is 0 Å². The number of aromatic nitrogens is 3. The second-order valence-corrected chi connectivity index (χ2v) is 7.57. The highest BCUT2D eigenvalue weighted by Gasteiger charge is 2.15.